The third kappa shape index (κ3) is 4.13. The average molecular weight is 446 g/mol. The molecular formula is C26H31N5O2. The molecule has 0 aliphatic carbocycles. The number of aliphatic hydroxyl groups is 1. The highest BCUT2D eigenvalue weighted by molar-refractivity contribution is 5.92. The number of hydrogen-bond acceptors (Lipinski definition) is 4. The van der Waals surface area contributed by atoms with Crippen molar-refractivity contribution < 1.29 is 9.90 Å². The minimum atomic E-state index is -0.584. The zero-order valence-corrected chi connectivity index (χ0v) is 19.5. The number of hydrogen-bond donors (Lipinski definition) is 2. The fourth-order valence-electron chi connectivity index (χ4n) is 5.09. The summed E-state index contributed by atoms with van der Waals surface area (Å²) in [6, 6.07) is 8.64. The molecule has 1 aliphatic rings. The molecule has 2 N–H and O–H groups in total. The average Bonchev–Trinajstić information content (AvgIpc) is 3.42. The molecule has 1 saturated heterocycles. The van der Waals surface area contributed by atoms with Gasteiger partial charge in [0.05, 0.1) is 24.4 Å². The highest BCUT2D eigenvalue weighted by Crippen LogP contribution is 2.38. The topological polar surface area (TPSA) is 86.5 Å². The molecule has 4 aromatic rings. The van der Waals surface area contributed by atoms with Crippen molar-refractivity contribution in [3.8, 4) is 11.3 Å². The number of nitrogens with one attached hydrogen (secondary N) is 1. The van der Waals surface area contributed by atoms with E-state index in [1.807, 2.05) is 27.9 Å². The Hall–Kier alpha value is -3.19. The van der Waals surface area contributed by atoms with Gasteiger partial charge in [0.1, 0.15) is 0 Å². The van der Waals surface area contributed by atoms with Crippen molar-refractivity contribution in [1.82, 2.24) is 24.5 Å². The van der Waals surface area contributed by atoms with E-state index in [1.165, 1.54) is 16.5 Å². The summed E-state index contributed by atoms with van der Waals surface area (Å²) in [4.78, 5) is 22.4. The van der Waals surface area contributed by atoms with E-state index in [2.05, 4.69) is 47.1 Å². The predicted octanol–water partition coefficient (Wildman–Crippen LogP) is 4.48. The first-order chi connectivity index (χ1) is 15.9. The van der Waals surface area contributed by atoms with Crippen LogP contribution >= 0.6 is 0 Å². The van der Waals surface area contributed by atoms with Gasteiger partial charge in [-0.15, -0.1) is 0 Å². The van der Waals surface area contributed by atoms with Gasteiger partial charge in [-0.2, -0.15) is 5.10 Å². The number of H-pyrrole nitrogens is 1. The van der Waals surface area contributed by atoms with Crippen LogP contribution in [-0.4, -0.2) is 54.7 Å². The molecule has 5 rings (SSSR count). The van der Waals surface area contributed by atoms with Crippen LogP contribution in [-0.2, 0) is 4.79 Å². The number of carbonyl (C=O) groups excluding carboxylic acids is 1. The molecule has 1 aliphatic heterocycles. The number of rotatable bonds is 5. The second-order valence-corrected chi connectivity index (χ2v) is 9.56. The van der Waals surface area contributed by atoms with E-state index in [-0.39, 0.29) is 12.3 Å². The van der Waals surface area contributed by atoms with E-state index in [9.17, 15) is 9.90 Å². The zero-order valence-electron chi connectivity index (χ0n) is 19.5. The molecule has 0 bridgehead atoms. The largest absolute Gasteiger partial charge is 0.393 e. The maximum atomic E-state index is 12.3. The van der Waals surface area contributed by atoms with E-state index in [4.69, 9.17) is 0 Å². The fourth-order valence-corrected chi connectivity index (χ4v) is 5.09. The molecule has 1 amide bonds. The summed E-state index contributed by atoms with van der Waals surface area (Å²) in [6.45, 7) is 7.62. The van der Waals surface area contributed by atoms with Crippen LogP contribution in [0.5, 0.6) is 0 Å². The van der Waals surface area contributed by atoms with Crippen LogP contribution in [0.1, 0.15) is 63.0 Å². The van der Waals surface area contributed by atoms with Gasteiger partial charge in [0, 0.05) is 48.0 Å². The molecule has 4 heterocycles. The first-order valence-corrected chi connectivity index (χ1v) is 11.8. The number of nitrogens with zero attached hydrogens (tertiary/aromatic N) is 4. The first kappa shape index (κ1) is 21.6. The molecule has 3 aromatic heterocycles. The SMILES string of the molecule is CC(C)c1c(-c2cnc3ccnn3c2)[nH]c2ccc(C3CCN(C(=O)C[C@H](C)O)CC3)cc12. The van der Waals surface area contributed by atoms with Crippen LogP contribution in [0, 0.1) is 0 Å². The lowest BCUT2D eigenvalue weighted by molar-refractivity contribution is -0.134. The lowest BCUT2D eigenvalue weighted by Crippen LogP contribution is -2.39. The number of aliphatic hydroxyl groups excluding tert-OH is 1. The van der Waals surface area contributed by atoms with E-state index in [0.717, 1.165) is 48.4 Å². The van der Waals surface area contributed by atoms with Gasteiger partial charge in [-0.05, 0) is 54.9 Å². The van der Waals surface area contributed by atoms with Crippen molar-refractivity contribution >= 4 is 22.5 Å². The molecule has 33 heavy (non-hydrogen) atoms. The summed E-state index contributed by atoms with van der Waals surface area (Å²) < 4.78 is 1.81. The number of amides is 1. The summed E-state index contributed by atoms with van der Waals surface area (Å²) in [5.41, 5.74) is 6.71. The van der Waals surface area contributed by atoms with Gasteiger partial charge in [-0.25, -0.2) is 9.50 Å². The van der Waals surface area contributed by atoms with E-state index in [0.29, 0.717) is 11.8 Å². The lowest BCUT2D eigenvalue weighted by atomic mass is 9.87. The van der Waals surface area contributed by atoms with Gasteiger partial charge in [0.15, 0.2) is 5.65 Å². The number of aromatic nitrogens is 4. The Morgan fingerprint density at radius 2 is 2.00 bits per heavy atom. The van der Waals surface area contributed by atoms with Crippen molar-refractivity contribution in [2.45, 2.75) is 58.0 Å². The van der Waals surface area contributed by atoms with Crippen molar-refractivity contribution in [3.63, 3.8) is 0 Å². The minimum absolute atomic E-state index is 0.0547. The normalized spacial score (nSPS) is 16.2. The molecule has 0 spiro atoms. The number of fused-ring (bicyclic) bond motifs is 2. The summed E-state index contributed by atoms with van der Waals surface area (Å²) in [5.74, 6) is 0.835. The highest BCUT2D eigenvalue weighted by atomic mass is 16.3. The molecule has 0 unspecified atom stereocenters. The first-order valence-electron chi connectivity index (χ1n) is 11.8. The van der Waals surface area contributed by atoms with Crippen molar-refractivity contribution in [2.75, 3.05) is 13.1 Å². The Bertz CT molecular complexity index is 1290. The van der Waals surface area contributed by atoms with Crippen LogP contribution in [0.4, 0.5) is 0 Å². The third-order valence-corrected chi connectivity index (χ3v) is 6.76. The number of piperidine rings is 1. The second kappa shape index (κ2) is 8.63. The van der Waals surface area contributed by atoms with Crippen LogP contribution in [0.15, 0.2) is 42.9 Å². The third-order valence-electron chi connectivity index (χ3n) is 6.76. The predicted molar refractivity (Wildman–Crippen MR) is 129 cm³/mol. The standard InChI is InChI=1S/C26H31N5O2/c1-16(2)25-21-13-19(18-7-10-30(11-8-18)24(33)12-17(3)32)4-5-22(21)29-26(25)20-14-27-23-6-9-28-31(23)15-20/h4-6,9,13-18,29,32H,7-8,10-12H2,1-3H3/t17-/m0/s1. The second-order valence-electron chi connectivity index (χ2n) is 9.56. The van der Waals surface area contributed by atoms with Gasteiger partial charge < -0.3 is 15.0 Å². The smallest absolute Gasteiger partial charge is 0.225 e. The fraction of sp³-hybridized carbons (Fsp3) is 0.423. The summed E-state index contributed by atoms with van der Waals surface area (Å²) in [6.07, 6.45) is 7.22. The molecule has 1 atom stereocenters. The van der Waals surface area contributed by atoms with Gasteiger partial charge >= 0.3 is 0 Å². The highest BCUT2D eigenvalue weighted by Gasteiger charge is 2.25. The Labute approximate surface area is 193 Å². The number of carbonyl (C=O) groups is 1. The van der Waals surface area contributed by atoms with Gasteiger partial charge in [-0.3, -0.25) is 4.79 Å². The quantitative estimate of drug-likeness (QED) is 0.474. The Balaban J connectivity index is 1.44. The van der Waals surface area contributed by atoms with Crippen molar-refractivity contribution in [3.05, 3.63) is 54.0 Å². The number of aromatic amines is 1. The maximum Gasteiger partial charge on any atom is 0.225 e. The molecule has 0 radical (unpaired) electrons. The molecule has 7 heteroatoms. The lowest BCUT2D eigenvalue weighted by Gasteiger charge is -2.32. The van der Waals surface area contributed by atoms with Crippen LogP contribution in [0.25, 0.3) is 27.8 Å². The Morgan fingerprint density at radius 1 is 1.21 bits per heavy atom. The van der Waals surface area contributed by atoms with Gasteiger partial charge in [-0.1, -0.05) is 19.9 Å². The molecule has 172 valence electrons. The Morgan fingerprint density at radius 3 is 2.73 bits per heavy atom. The monoisotopic (exact) mass is 445 g/mol. The molecule has 1 fully saturated rings. The number of benzene rings is 1. The van der Waals surface area contributed by atoms with Crippen LogP contribution in [0.3, 0.4) is 0 Å². The minimum Gasteiger partial charge on any atom is -0.393 e. The van der Waals surface area contributed by atoms with E-state index in [1.54, 1.807) is 13.1 Å². The van der Waals surface area contributed by atoms with E-state index < -0.39 is 6.10 Å². The van der Waals surface area contributed by atoms with Gasteiger partial charge in [0.2, 0.25) is 5.91 Å². The molecule has 0 saturated carbocycles. The molecular weight excluding hydrogens is 414 g/mol. The maximum absolute atomic E-state index is 12.3. The summed E-state index contributed by atoms with van der Waals surface area (Å²) >= 11 is 0. The summed E-state index contributed by atoms with van der Waals surface area (Å²) in [7, 11) is 0. The summed E-state index contributed by atoms with van der Waals surface area (Å²) in [5, 5.41) is 15.1. The zero-order chi connectivity index (χ0) is 23.1. The van der Waals surface area contributed by atoms with Crippen LogP contribution < -0.4 is 0 Å². The van der Waals surface area contributed by atoms with Crippen molar-refractivity contribution in [1.29, 1.82) is 0 Å². The molecule has 7 nitrogen and oxygen atoms in total. The number of likely N-dealkylation sites (tertiary alicyclic amines) is 1. The van der Waals surface area contributed by atoms with Gasteiger partial charge in [0.25, 0.3) is 0 Å². The van der Waals surface area contributed by atoms with Crippen LogP contribution in [0.2, 0.25) is 0 Å². The Kier molecular flexibility index (Phi) is 5.66. The van der Waals surface area contributed by atoms with Crippen molar-refractivity contribution in [2.24, 2.45) is 0 Å². The molecule has 1 aromatic carbocycles. The van der Waals surface area contributed by atoms with E-state index >= 15 is 0 Å².